The molecule has 0 aliphatic heterocycles. The molecule has 2 aromatic carbocycles. The highest BCUT2D eigenvalue weighted by Gasteiger charge is 2.29. The summed E-state index contributed by atoms with van der Waals surface area (Å²) in [7, 11) is -3.72. The Kier molecular flexibility index (Phi) is 6.42. The lowest BCUT2D eigenvalue weighted by Gasteiger charge is -2.23. The molecule has 0 fully saturated rings. The van der Waals surface area contributed by atoms with Gasteiger partial charge >= 0.3 is 12.1 Å². The van der Waals surface area contributed by atoms with E-state index in [2.05, 4.69) is 5.32 Å². The minimum Gasteiger partial charge on any atom is -0.480 e. The predicted molar refractivity (Wildman–Crippen MR) is 112 cm³/mol. The van der Waals surface area contributed by atoms with Crippen molar-refractivity contribution in [3.05, 3.63) is 59.7 Å². The number of carboxylic acid groups (broad SMARTS) is 1. The van der Waals surface area contributed by atoms with Crippen molar-refractivity contribution in [3.8, 4) is 11.1 Å². The lowest BCUT2D eigenvalue weighted by molar-refractivity contribution is -0.137. The van der Waals surface area contributed by atoms with E-state index >= 15 is 0 Å². The van der Waals surface area contributed by atoms with Crippen LogP contribution in [-0.4, -0.2) is 61.9 Å². The number of sulfonamides is 1. The van der Waals surface area contributed by atoms with Gasteiger partial charge in [-0.2, -0.15) is 4.31 Å². The largest absolute Gasteiger partial charge is 0.480 e. The first-order chi connectivity index (χ1) is 14.2. The standard InChI is InChI=1S/C21H24N2O6S/c1-14(11-23(12-20(24)25)30(2,27)28)22-21(26)29-13-19-17-9-5-3-7-15(17)16-8-4-6-10-18(16)19/h3-10,14,19H,11-13H2,1-2H3,(H,22,26)(H,24,25)/t14-/m0/s1. The van der Waals surface area contributed by atoms with Crippen LogP contribution in [0.15, 0.2) is 48.5 Å². The molecule has 1 aliphatic carbocycles. The molecule has 2 N–H and O–H groups in total. The van der Waals surface area contributed by atoms with Crippen LogP contribution >= 0.6 is 0 Å². The molecule has 0 radical (unpaired) electrons. The summed E-state index contributed by atoms with van der Waals surface area (Å²) in [4.78, 5) is 23.2. The molecule has 2 aromatic rings. The van der Waals surface area contributed by atoms with Crippen LogP contribution in [0.2, 0.25) is 0 Å². The Hall–Kier alpha value is -2.91. The number of carbonyl (C=O) groups excluding carboxylic acids is 1. The Morgan fingerprint density at radius 1 is 1.10 bits per heavy atom. The summed E-state index contributed by atoms with van der Waals surface area (Å²) < 4.78 is 29.7. The van der Waals surface area contributed by atoms with Crippen molar-refractivity contribution >= 4 is 22.1 Å². The fraction of sp³-hybridized carbons (Fsp3) is 0.333. The van der Waals surface area contributed by atoms with E-state index in [1.807, 2.05) is 48.5 Å². The third kappa shape index (κ3) is 4.98. The van der Waals surface area contributed by atoms with Gasteiger partial charge in [0.2, 0.25) is 10.0 Å². The maximum absolute atomic E-state index is 12.3. The predicted octanol–water partition coefficient (Wildman–Crippen LogP) is 2.26. The number of amides is 1. The minimum absolute atomic E-state index is 0.0852. The summed E-state index contributed by atoms with van der Waals surface area (Å²) in [5.74, 6) is -1.35. The molecule has 0 saturated carbocycles. The molecular formula is C21H24N2O6S. The van der Waals surface area contributed by atoms with Crippen LogP contribution in [0.3, 0.4) is 0 Å². The van der Waals surface area contributed by atoms with E-state index in [9.17, 15) is 18.0 Å². The molecule has 1 amide bonds. The molecule has 0 heterocycles. The molecule has 30 heavy (non-hydrogen) atoms. The first-order valence-electron chi connectivity index (χ1n) is 9.45. The van der Waals surface area contributed by atoms with Gasteiger partial charge in [0, 0.05) is 18.5 Å². The van der Waals surface area contributed by atoms with Crippen molar-refractivity contribution in [2.45, 2.75) is 18.9 Å². The second kappa shape index (κ2) is 8.85. The molecule has 3 rings (SSSR count). The molecule has 0 saturated heterocycles. The maximum Gasteiger partial charge on any atom is 0.407 e. The minimum atomic E-state index is -3.72. The molecule has 1 atom stereocenters. The fourth-order valence-electron chi connectivity index (χ4n) is 3.66. The van der Waals surface area contributed by atoms with E-state index in [0.717, 1.165) is 32.8 Å². The van der Waals surface area contributed by atoms with Crippen LogP contribution in [-0.2, 0) is 19.6 Å². The number of carbonyl (C=O) groups is 2. The number of hydrogen-bond acceptors (Lipinski definition) is 5. The van der Waals surface area contributed by atoms with Gasteiger partial charge in [-0.15, -0.1) is 0 Å². The van der Waals surface area contributed by atoms with Gasteiger partial charge in [0.1, 0.15) is 13.2 Å². The number of rotatable bonds is 8. The molecule has 0 bridgehead atoms. The zero-order valence-electron chi connectivity index (χ0n) is 16.7. The van der Waals surface area contributed by atoms with Gasteiger partial charge in [0.25, 0.3) is 0 Å². The number of nitrogens with zero attached hydrogens (tertiary/aromatic N) is 1. The Morgan fingerprint density at radius 2 is 1.63 bits per heavy atom. The summed E-state index contributed by atoms with van der Waals surface area (Å²) in [6.45, 7) is 0.879. The van der Waals surface area contributed by atoms with Crippen LogP contribution < -0.4 is 5.32 Å². The van der Waals surface area contributed by atoms with E-state index in [-0.39, 0.29) is 19.1 Å². The number of carboxylic acids is 1. The van der Waals surface area contributed by atoms with Gasteiger partial charge < -0.3 is 15.2 Å². The lowest BCUT2D eigenvalue weighted by atomic mass is 9.98. The molecule has 9 heteroatoms. The molecule has 1 aliphatic rings. The number of fused-ring (bicyclic) bond motifs is 3. The molecule has 0 spiro atoms. The van der Waals surface area contributed by atoms with Crippen molar-refractivity contribution < 1.29 is 27.9 Å². The Bertz CT molecular complexity index is 1010. The first kappa shape index (κ1) is 21.8. The smallest absolute Gasteiger partial charge is 0.407 e. The van der Waals surface area contributed by atoms with E-state index in [1.54, 1.807) is 6.92 Å². The quantitative estimate of drug-likeness (QED) is 0.662. The zero-order valence-corrected chi connectivity index (χ0v) is 17.6. The molecule has 160 valence electrons. The third-order valence-electron chi connectivity index (χ3n) is 4.97. The summed E-state index contributed by atoms with van der Waals surface area (Å²) >= 11 is 0. The second-order valence-electron chi connectivity index (χ2n) is 7.32. The highest BCUT2D eigenvalue weighted by atomic mass is 32.2. The Balaban J connectivity index is 1.61. The van der Waals surface area contributed by atoms with E-state index in [1.165, 1.54) is 0 Å². The van der Waals surface area contributed by atoms with Crippen molar-refractivity contribution in [1.82, 2.24) is 9.62 Å². The van der Waals surface area contributed by atoms with Gasteiger partial charge in [0.05, 0.1) is 6.26 Å². The summed E-state index contributed by atoms with van der Waals surface area (Å²) in [5.41, 5.74) is 4.41. The van der Waals surface area contributed by atoms with Crippen LogP contribution in [0.25, 0.3) is 11.1 Å². The van der Waals surface area contributed by atoms with Gasteiger partial charge in [0.15, 0.2) is 0 Å². The van der Waals surface area contributed by atoms with E-state index < -0.39 is 34.7 Å². The third-order valence-corrected chi connectivity index (χ3v) is 6.18. The SMILES string of the molecule is C[C@@H](CN(CC(=O)O)S(C)(=O)=O)NC(=O)OCC1c2ccccc2-c2ccccc21. The number of nitrogens with one attached hydrogen (secondary N) is 1. The van der Waals surface area contributed by atoms with Crippen molar-refractivity contribution in [2.24, 2.45) is 0 Å². The first-order valence-corrected chi connectivity index (χ1v) is 11.3. The number of alkyl carbamates (subject to hydrolysis) is 1. The average Bonchev–Trinajstić information content (AvgIpc) is 2.99. The number of hydrogen-bond donors (Lipinski definition) is 2. The number of ether oxygens (including phenoxy) is 1. The Morgan fingerprint density at radius 3 is 2.13 bits per heavy atom. The highest BCUT2D eigenvalue weighted by Crippen LogP contribution is 2.44. The number of benzene rings is 2. The van der Waals surface area contributed by atoms with Crippen molar-refractivity contribution in [2.75, 3.05) is 26.0 Å². The fourth-order valence-corrected chi connectivity index (χ4v) is 4.50. The maximum atomic E-state index is 12.3. The monoisotopic (exact) mass is 432 g/mol. The molecular weight excluding hydrogens is 408 g/mol. The van der Waals surface area contributed by atoms with E-state index in [0.29, 0.717) is 0 Å². The molecule has 8 nitrogen and oxygen atoms in total. The highest BCUT2D eigenvalue weighted by molar-refractivity contribution is 7.88. The van der Waals surface area contributed by atoms with Gasteiger partial charge in [-0.1, -0.05) is 48.5 Å². The van der Waals surface area contributed by atoms with Crippen molar-refractivity contribution in [1.29, 1.82) is 0 Å². The van der Waals surface area contributed by atoms with Gasteiger partial charge in [-0.25, -0.2) is 13.2 Å². The normalized spacial score (nSPS) is 14.1. The number of aliphatic carboxylic acids is 1. The van der Waals surface area contributed by atoms with E-state index in [4.69, 9.17) is 9.84 Å². The van der Waals surface area contributed by atoms with Crippen LogP contribution in [0.1, 0.15) is 24.0 Å². The average molecular weight is 432 g/mol. The van der Waals surface area contributed by atoms with Gasteiger partial charge in [-0.05, 0) is 29.2 Å². The molecule has 0 unspecified atom stereocenters. The van der Waals surface area contributed by atoms with Crippen LogP contribution in [0, 0.1) is 0 Å². The summed E-state index contributed by atoms with van der Waals surface area (Å²) in [6, 6.07) is 15.3. The lowest BCUT2D eigenvalue weighted by Crippen LogP contribution is -2.46. The van der Waals surface area contributed by atoms with Crippen molar-refractivity contribution in [3.63, 3.8) is 0 Å². The van der Waals surface area contributed by atoms with Crippen LogP contribution in [0.5, 0.6) is 0 Å². The summed E-state index contributed by atoms with van der Waals surface area (Å²) in [5, 5.41) is 11.5. The topological polar surface area (TPSA) is 113 Å². The van der Waals surface area contributed by atoms with Crippen LogP contribution in [0.4, 0.5) is 4.79 Å². The molecule has 0 aromatic heterocycles. The second-order valence-corrected chi connectivity index (χ2v) is 9.30. The Labute approximate surface area is 175 Å². The summed E-state index contributed by atoms with van der Waals surface area (Å²) in [6.07, 6.45) is 0.240. The zero-order chi connectivity index (χ0) is 21.9. The van der Waals surface area contributed by atoms with Gasteiger partial charge in [-0.3, -0.25) is 4.79 Å².